The number of nitrogens with one attached hydrogen (secondary N) is 1. The number of para-hydroxylation sites is 2. The second-order valence-electron chi connectivity index (χ2n) is 6.99. The van der Waals surface area contributed by atoms with Crippen molar-refractivity contribution < 1.29 is 19.1 Å². The number of carbonyl (C=O) groups excluding carboxylic acids is 3. The van der Waals surface area contributed by atoms with Gasteiger partial charge in [0.1, 0.15) is 5.75 Å². The van der Waals surface area contributed by atoms with Crippen LogP contribution < -0.4 is 10.1 Å². The maximum atomic E-state index is 12.7. The van der Waals surface area contributed by atoms with Gasteiger partial charge in [-0.3, -0.25) is 19.3 Å². The molecule has 2 aromatic carbocycles. The van der Waals surface area contributed by atoms with E-state index in [-0.39, 0.29) is 29.4 Å². The smallest absolute Gasteiger partial charge is 0.261 e. The molecule has 0 saturated carbocycles. The summed E-state index contributed by atoms with van der Waals surface area (Å²) >= 11 is 0. The van der Waals surface area contributed by atoms with Crippen molar-refractivity contribution in [3.05, 3.63) is 59.2 Å². The summed E-state index contributed by atoms with van der Waals surface area (Å²) in [5, 5.41) is 2.82. The van der Waals surface area contributed by atoms with E-state index in [4.69, 9.17) is 4.74 Å². The van der Waals surface area contributed by atoms with Crippen molar-refractivity contribution in [1.29, 1.82) is 0 Å². The fraction of sp³-hybridized carbons (Fsp3) is 0.318. The molecular weight excluding hydrogens is 356 g/mol. The van der Waals surface area contributed by atoms with E-state index in [2.05, 4.69) is 5.32 Å². The van der Waals surface area contributed by atoms with Crippen LogP contribution in [-0.4, -0.2) is 35.3 Å². The lowest BCUT2D eigenvalue weighted by Crippen LogP contribution is -2.30. The second kappa shape index (κ2) is 8.25. The number of nitrogens with zero attached hydrogens (tertiary/aromatic N) is 1. The van der Waals surface area contributed by atoms with Gasteiger partial charge in [0, 0.05) is 12.1 Å². The molecule has 1 N–H and O–H groups in total. The molecule has 0 unspecified atom stereocenters. The molecule has 0 radical (unpaired) electrons. The largest absolute Gasteiger partial charge is 0.489 e. The first-order valence-electron chi connectivity index (χ1n) is 9.49. The average Bonchev–Trinajstić information content (AvgIpc) is 2.91. The Morgan fingerprint density at radius 3 is 2.50 bits per heavy atom. The molecule has 0 bridgehead atoms. The lowest BCUT2D eigenvalue weighted by Gasteiger charge is -2.15. The van der Waals surface area contributed by atoms with E-state index in [1.165, 1.54) is 11.0 Å². The first kappa shape index (κ1) is 19.6. The first-order valence-corrected chi connectivity index (χ1v) is 9.49. The lowest BCUT2D eigenvalue weighted by molar-refractivity contribution is 0.0652. The number of ether oxygens (including phenoxy) is 1. The van der Waals surface area contributed by atoms with E-state index in [1.807, 2.05) is 26.8 Å². The molecule has 1 aliphatic rings. The Morgan fingerprint density at radius 2 is 1.79 bits per heavy atom. The highest BCUT2D eigenvalue weighted by Gasteiger charge is 2.35. The SMILES string of the molecule is CCCCN1C(=O)c2ccc(C(=O)Nc3ccccc3OC(C)C)cc2C1=O. The summed E-state index contributed by atoms with van der Waals surface area (Å²) in [6.07, 6.45) is 1.61. The number of anilines is 1. The van der Waals surface area contributed by atoms with E-state index in [1.54, 1.807) is 30.3 Å². The van der Waals surface area contributed by atoms with Crippen LogP contribution in [-0.2, 0) is 0 Å². The molecule has 0 aliphatic carbocycles. The van der Waals surface area contributed by atoms with E-state index in [0.717, 1.165) is 12.8 Å². The van der Waals surface area contributed by atoms with E-state index in [0.29, 0.717) is 29.1 Å². The van der Waals surface area contributed by atoms with Gasteiger partial charge < -0.3 is 10.1 Å². The predicted molar refractivity (Wildman–Crippen MR) is 107 cm³/mol. The van der Waals surface area contributed by atoms with Crippen LogP contribution in [0.2, 0.25) is 0 Å². The quantitative estimate of drug-likeness (QED) is 0.733. The number of benzene rings is 2. The number of hydrogen-bond donors (Lipinski definition) is 1. The van der Waals surface area contributed by atoms with Crippen LogP contribution in [0, 0.1) is 0 Å². The molecule has 0 aromatic heterocycles. The van der Waals surface area contributed by atoms with Crippen LogP contribution in [0.3, 0.4) is 0 Å². The van der Waals surface area contributed by atoms with E-state index >= 15 is 0 Å². The highest BCUT2D eigenvalue weighted by Crippen LogP contribution is 2.27. The monoisotopic (exact) mass is 380 g/mol. The number of unbranched alkanes of at least 4 members (excludes halogenated alkanes) is 1. The van der Waals surface area contributed by atoms with Crippen LogP contribution in [0.1, 0.15) is 64.7 Å². The maximum absolute atomic E-state index is 12.7. The van der Waals surface area contributed by atoms with Crippen LogP contribution >= 0.6 is 0 Å². The molecule has 3 amide bonds. The molecule has 28 heavy (non-hydrogen) atoms. The van der Waals surface area contributed by atoms with Crippen LogP contribution in [0.5, 0.6) is 5.75 Å². The number of hydrogen-bond acceptors (Lipinski definition) is 4. The zero-order chi connectivity index (χ0) is 20.3. The molecule has 1 aliphatic heterocycles. The lowest BCUT2D eigenvalue weighted by atomic mass is 10.1. The number of carbonyl (C=O) groups is 3. The zero-order valence-electron chi connectivity index (χ0n) is 16.3. The Balaban J connectivity index is 1.82. The van der Waals surface area contributed by atoms with Gasteiger partial charge in [-0.05, 0) is 50.6 Å². The van der Waals surface area contributed by atoms with Crippen molar-refractivity contribution in [2.45, 2.75) is 39.7 Å². The highest BCUT2D eigenvalue weighted by molar-refractivity contribution is 6.22. The minimum Gasteiger partial charge on any atom is -0.489 e. The fourth-order valence-corrected chi connectivity index (χ4v) is 3.07. The van der Waals surface area contributed by atoms with Crippen LogP contribution in [0.15, 0.2) is 42.5 Å². The summed E-state index contributed by atoms with van der Waals surface area (Å²) in [6.45, 7) is 6.21. The molecule has 0 saturated heterocycles. The first-order chi connectivity index (χ1) is 13.4. The van der Waals surface area contributed by atoms with Gasteiger partial charge in [-0.1, -0.05) is 25.5 Å². The van der Waals surface area contributed by atoms with Gasteiger partial charge in [0.15, 0.2) is 0 Å². The molecule has 2 aromatic rings. The molecule has 3 rings (SSSR count). The fourth-order valence-electron chi connectivity index (χ4n) is 3.07. The summed E-state index contributed by atoms with van der Waals surface area (Å²) in [6, 6.07) is 11.8. The molecule has 0 fully saturated rings. The Bertz CT molecular complexity index is 921. The standard InChI is InChI=1S/C22H24N2O4/c1-4-5-12-24-21(26)16-11-10-15(13-17(16)22(24)27)20(25)23-18-8-6-7-9-19(18)28-14(2)3/h6-11,13-14H,4-5,12H2,1-3H3,(H,23,25). The van der Waals surface area contributed by atoms with Crippen LogP contribution in [0.25, 0.3) is 0 Å². The van der Waals surface area contributed by atoms with Gasteiger partial charge in [-0.15, -0.1) is 0 Å². The van der Waals surface area contributed by atoms with E-state index < -0.39 is 0 Å². The molecule has 0 atom stereocenters. The van der Waals surface area contributed by atoms with Crippen molar-refractivity contribution in [1.82, 2.24) is 4.90 Å². The van der Waals surface area contributed by atoms with Crippen molar-refractivity contribution in [2.24, 2.45) is 0 Å². The molecule has 6 heteroatoms. The van der Waals surface area contributed by atoms with Gasteiger partial charge in [0.05, 0.1) is 22.9 Å². The van der Waals surface area contributed by atoms with Gasteiger partial charge in [-0.2, -0.15) is 0 Å². The number of rotatable bonds is 7. The third kappa shape index (κ3) is 3.91. The van der Waals surface area contributed by atoms with Crippen molar-refractivity contribution in [3.8, 4) is 5.75 Å². The topological polar surface area (TPSA) is 75.7 Å². The van der Waals surface area contributed by atoms with Gasteiger partial charge in [0.25, 0.3) is 17.7 Å². The third-order valence-corrected chi connectivity index (χ3v) is 4.47. The molecule has 146 valence electrons. The van der Waals surface area contributed by atoms with Crippen molar-refractivity contribution in [3.63, 3.8) is 0 Å². The Morgan fingerprint density at radius 1 is 1.07 bits per heavy atom. The summed E-state index contributed by atoms with van der Waals surface area (Å²) in [5.74, 6) is -0.429. The Kier molecular flexibility index (Phi) is 5.78. The minimum absolute atomic E-state index is 0.0317. The number of imide groups is 1. The summed E-state index contributed by atoms with van der Waals surface area (Å²) in [7, 11) is 0. The van der Waals surface area contributed by atoms with Gasteiger partial charge in [0.2, 0.25) is 0 Å². The Labute approximate surface area is 164 Å². The average molecular weight is 380 g/mol. The molecule has 1 heterocycles. The zero-order valence-corrected chi connectivity index (χ0v) is 16.3. The highest BCUT2D eigenvalue weighted by atomic mass is 16.5. The summed E-state index contributed by atoms with van der Waals surface area (Å²) < 4.78 is 5.72. The van der Waals surface area contributed by atoms with Crippen molar-refractivity contribution >= 4 is 23.4 Å². The summed E-state index contributed by atoms with van der Waals surface area (Å²) in [4.78, 5) is 39.0. The molecule has 0 spiro atoms. The molecular formula is C22H24N2O4. The molecule has 6 nitrogen and oxygen atoms in total. The Hall–Kier alpha value is -3.15. The van der Waals surface area contributed by atoms with Crippen LogP contribution in [0.4, 0.5) is 5.69 Å². The van der Waals surface area contributed by atoms with E-state index in [9.17, 15) is 14.4 Å². The number of amides is 3. The van der Waals surface area contributed by atoms with Gasteiger partial charge >= 0.3 is 0 Å². The van der Waals surface area contributed by atoms with Crippen molar-refractivity contribution in [2.75, 3.05) is 11.9 Å². The summed E-state index contributed by atoms with van der Waals surface area (Å²) in [5.41, 5.74) is 1.49. The van der Waals surface area contributed by atoms with Gasteiger partial charge in [-0.25, -0.2) is 0 Å². The predicted octanol–water partition coefficient (Wildman–Crippen LogP) is 4.12. The third-order valence-electron chi connectivity index (χ3n) is 4.47. The minimum atomic E-state index is -0.366. The second-order valence-corrected chi connectivity index (χ2v) is 6.99. The normalized spacial score (nSPS) is 13.1. The number of fused-ring (bicyclic) bond motifs is 1. The maximum Gasteiger partial charge on any atom is 0.261 e.